The van der Waals surface area contributed by atoms with E-state index in [9.17, 15) is 13.2 Å². The molecule has 0 atom stereocenters. The van der Waals surface area contributed by atoms with Crippen molar-refractivity contribution in [2.45, 2.75) is 4.90 Å². The number of carbonyl (C=O) groups excluding carboxylic acids is 1. The highest BCUT2D eigenvalue weighted by Gasteiger charge is 2.21. The number of hydroxylamine groups is 1. The summed E-state index contributed by atoms with van der Waals surface area (Å²) in [4.78, 5) is 16.4. The summed E-state index contributed by atoms with van der Waals surface area (Å²) in [5.41, 5.74) is 0.257. The number of amides is 1. The average Bonchev–Trinajstić information content (AvgIpc) is 2.43. The molecule has 1 amide bonds. The van der Waals surface area contributed by atoms with E-state index >= 15 is 0 Å². The highest BCUT2D eigenvalue weighted by molar-refractivity contribution is 7.89. The first-order chi connectivity index (χ1) is 8.93. The van der Waals surface area contributed by atoms with Crippen molar-refractivity contribution < 1.29 is 18.0 Å². The SMILES string of the molecule is C=CCNC(=O)c1cccc(S(=O)(=O)N(C)OC)c1. The molecule has 0 heterocycles. The summed E-state index contributed by atoms with van der Waals surface area (Å²) in [6.07, 6.45) is 1.54. The normalized spacial score (nSPS) is 11.3. The summed E-state index contributed by atoms with van der Waals surface area (Å²) in [7, 11) is -1.23. The van der Waals surface area contributed by atoms with Gasteiger partial charge in [-0.15, -0.1) is 6.58 Å². The highest BCUT2D eigenvalue weighted by Crippen LogP contribution is 2.15. The number of nitrogens with one attached hydrogen (secondary N) is 1. The van der Waals surface area contributed by atoms with E-state index in [-0.39, 0.29) is 16.4 Å². The number of hydrogen-bond donors (Lipinski definition) is 1. The summed E-state index contributed by atoms with van der Waals surface area (Å²) >= 11 is 0. The Kier molecular flexibility index (Phi) is 5.22. The fourth-order valence-electron chi connectivity index (χ4n) is 1.31. The summed E-state index contributed by atoms with van der Waals surface area (Å²) in [5, 5.41) is 2.57. The largest absolute Gasteiger partial charge is 0.349 e. The van der Waals surface area contributed by atoms with E-state index in [4.69, 9.17) is 0 Å². The Bertz CT molecular complexity index is 569. The molecule has 1 N–H and O–H groups in total. The summed E-state index contributed by atoms with van der Waals surface area (Å²) < 4.78 is 24.7. The van der Waals surface area contributed by atoms with Crippen LogP contribution in [0.5, 0.6) is 0 Å². The standard InChI is InChI=1S/C12H16N2O4S/c1-4-8-13-12(15)10-6-5-7-11(9-10)19(16,17)14(2)18-3/h4-7,9H,1,8H2,2-3H3,(H,13,15). The van der Waals surface area contributed by atoms with Crippen LogP contribution in [-0.2, 0) is 14.9 Å². The molecule has 0 aliphatic heterocycles. The molecule has 1 aromatic rings. The lowest BCUT2D eigenvalue weighted by Gasteiger charge is -2.14. The molecule has 0 aliphatic rings. The molecule has 0 saturated carbocycles. The van der Waals surface area contributed by atoms with Crippen LogP contribution in [0.4, 0.5) is 0 Å². The van der Waals surface area contributed by atoms with E-state index in [0.717, 1.165) is 4.47 Å². The quantitative estimate of drug-likeness (QED) is 0.619. The highest BCUT2D eigenvalue weighted by atomic mass is 32.2. The Morgan fingerprint density at radius 1 is 1.53 bits per heavy atom. The molecule has 0 unspecified atom stereocenters. The van der Waals surface area contributed by atoms with Crippen molar-refractivity contribution in [3.63, 3.8) is 0 Å². The first-order valence-electron chi connectivity index (χ1n) is 5.45. The predicted octanol–water partition coefficient (Wildman–Crippen LogP) is 0.784. The van der Waals surface area contributed by atoms with Crippen LogP contribution in [0.3, 0.4) is 0 Å². The van der Waals surface area contributed by atoms with Gasteiger partial charge in [0, 0.05) is 19.2 Å². The lowest BCUT2D eigenvalue weighted by atomic mass is 10.2. The molecule has 0 aromatic heterocycles. The number of carbonyl (C=O) groups is 1. The second-order valence-electron chi connectivity index (χ2n) is 3.62. The molecule has 0 saturated heterocycles. The van der Waals surface area contributed by atoms with Gasteiger partial charge in [-0.25, -0.2) is 8.42 Å². The number of hydrogen-bond acceptors (Lipinski definition) is 4. The molecule has 0 fully saturated rings. The van der Waals surface area contributed by atoms with E-state index in [1.165, 1.54) is 44.5 Å². The predicted molar refractivity (Wildman–Crippen MR) is 70.9 cm³/mol. The molecular weight excluding hydrogens is 268 g/mol. The zero-order valence-corrected chi connectivity index (χ0v) is 11.6. The lowest BCUT2D eigenvalue weighted by Crippen LogP contribution is -2.27. The molecule has 104 valence electrons. The van der Waals surface area contributed by atoms with Crippen molar-refractivity contribution in [2.24, 2.45) is 0 Å². The van der Waals surface area contributed by atoms with Gasteiger partial charge in [-0.3, -0.25) is 9.63 Å². The Morgan fingerprint density at radius 3 is 2.79 bits per heavy atom. The number of sulfonamides is 1. The molecule has 0 spiro atoms. The molecule has 0 radical (unpaired) electrons. The van der Waals surface area contributed by atoms with Crippen LogP contribution in [0, 0.1) is 0 Å². The van der Waals surface area contributed by atoms with Crippen molar-refractivity contribution in [3.05, 3.63) is 42.5 Å². The van der Waals surface area contributed by atoms with Gasteiger partial charge in [-0.1, -0.05) is 16.6 Å². The topological polar surface area (TPSA) is 75.7 Å². The van der Waals surface area contributed by atoms with Crippen LogP contribution >= 0.6 is 0 Å². The Hall–Kier alpha value is -1.70. The minimum Gasteiger partial charge on any atom is -0.349 e. The number of rotatable bonds is 6. The molecule has 0 aliphatic carbocycles. The van der Waals surface area contributed by atoms with Crippen LogP contribution in [0.25, 0.3) is 0 Å². The van der Waals surface area contributed by atoms with Gasteiger partial charge in [0.05, 0.1) is 12.0 Å². The summed E-state index contributed by atoms with van der Waals surface area (Å²) in [6.45, 7) is 3.80. The first kappa shape index (κ1) is 15.4. The zero-order valence-electron chi connectivity index (χ0n) is 10.8. The van der Waals surface area contributed by atoms with Crippen molar-refractivity contribution in [1.29, 1.82) is 0 Å². The second kappa shape index (κ2) is 6.46. The summed E-state index contributed by atoms with van der Waals surface area (Å²) in [6, 6.07) is 5.72. The maximum Gasteiger partial charge on any atom is 0.264 e. The Balaban J connectivity index is 3.07. The van der Waals surface area contributed by atoms with E-state index in [1.807, 2.05) is 0 Å². The van der Waals surface area contributed by atoms with Gasteiger partial charge in [-0.2, -0.15) is 0 Å². The van der Waals surface area contributed by atoms with Gasteiger partial charge in [0.2, 0.25) is 0 Å². The van der Waals surface area contributed by atoms with Gasteiger partial charge in [0.25, 0.3) is 15.9 Å². The molecule has 1 rings (SSSR count). The number of benzene rings is 1. The van der Waals surface area contributed by atoms with Crippen LogP contribution in [0.15, 0.2) is 41.8 Å². The third-order valence-electron chi connectivity index (χ3n) is 2.40. The zero-order chi connectivity index (χ0) is 14.5. The van der Waals surface area contributed by atoms with Crippen LogP contribution in [0.1, 0.15) is 10.4 Å². The first-order valence-corrected chi connectivity index (χ1v) is 6.89. The fourth-order valence-corrected chi connectivity index (χ4v) is 2.33. The monoisotopic (exact) mass is 284 g/mol. The van der Waals surface area contributed by atoms with Gasteiger partial charge in [0.1, 0.15) is 0 Å². The van der Waals surface area contributed by atoms with Crippen LogP contribution in [-0.4, -0.2) is 39.5 Å². The Labute approximate surface area is 112 Å². The molecule has 7 heteroatoms. The second-order valence-corrected chi connectivity index (χ2v) is 5.56. The molecule has 6 nitrogen and oxygen atoms in total. The summed E-state index contributed by atoms with van der Waals surface area (Å²) in [5.74, 6) is -0.364. The molecule has 1 aromatic carbocycles. The molecule has 19 heavy (non-hydrogen) atoms. The van der Waals surface area contributed by atoms with E-state index in [0.29, 0.717) is 6.54 Å². The molecule has 0 bridgehead atoms. The third kappa shape index (κ3) is 3.63. The minimum absolute atomic E-state index is 0.0110. The van der Waals surface area contributed by atoms with Gasteiger partial charge in [-0.05, 0) is 18.2 Å². The van der Waals surface area contributed by atoms with Crippen molar-refractivity contribution in [2.75, 3.05) is 20.7 Å². The van der Waals surface area contributed by atoms with Crippen molar-refractivity contribution in [3.8, 4) is 0 Å². The van der Waals surface area contributed by atoms with E-state index < -0.39 is 10.0 Å². The van der Waals surface area contributed by atoms with E-state index in [1.54, 1.807) is 0 Å². The maximum absolute atomic E-state index is 12.0. The smallest absolute Gasteiger partial charge is 0.264 e. The van der Waals surface area contributed by atoms with E-state index in [2.05, 4.69) is 16.7 Å². The van der Waals surface area contributed by atoms with Gasteiger partial charge in [0.15, 0.2) is 0 Å². The molecular formula is C12H16N2O4S. The average molecular weight is 284 g/mol. The van der Waals surface area contributed by atoms with Crippen molar-refractivity contribution >= 4 is 15.9 Å². The fraction of sp³-hybridized carbons (Fsp3) is 0.250. The van der Waals surface area contributed by atoms with Crippen LogP contribution < -0.4 is 5.32 Å². The van der Waals surface area contributed by atoms with Gasteiger partial charge >= 0.3 is 0 Å². The van der Waals surface area contributed by atoms with Gasteiger partial charge < -0.3 is 5.32 Å². The number of nitrogens with zero attached hydrogens (tertiary/aromatic N) is 1. The Morgan fingerprint density at radius 2 is 2.21 bits per heavy atom. The maximum atomic E-state index is 12.0. The third-order valence-corrected chi connectivity index (χ3v) is 4.07. The lowest BCUT2D eigenvalue weighted by molar-refractivity contribution is -0.0258. The minimum atomic E-state index is -3.75. The van der Waals surface area contributed by atoms with Crippen LogP contribution in [0.2, 0.25) is 0 Å². The van der Waals surface area contributed by atoms with Crippen molar-refractivity contribution in [1.82, 2.24) is 9.79 Å².